The molecule has 4 N–H and O–H groups in total. The summed E-state index contributed by atoms with van der Waals surface area (Å²) in [6, 6.07) is 0. The maximum absolute atomic E-state index is 11.0. The second-order valence-electron chi connectivity index (χ2n) is 2.96. The summed E-state index contributed by atoms with van der Waals surface area (Å²) in [5, 5.41) is 5.39. The van der Waals surface area contributed by atoms with Gasteiger partial charge in [-0.25, -0.2) is 4.99 Å². The van der Waals surface area contributed by atoms with Gasteiger partial charge in [-0.3, -0.25) is 4.79 Å². The van der Waals surface area contributed by atoms with E-state index in [2.05, 4.69) is 28.5 Å². The van der Waals surface area contributed by atoms with Crippen LogP contribution in [-0.2, 0) is 4.79 Å². The monoisotopic (exact) mass is 210 g/mol. The van der Waals surface area contributed by atoms with E-state index >= 15 is 0 Å². The van der Waals surface area contributed by atoms with Gasteiger partial charge in [-0.05, 0) is 6.42 Å². The van der Waals surface area contributed by atoms with Gasteiger partial charge in [-0.2, -0.15) is 0 Å². The summed E-state index contributed by atoms with van der Waals surface area (Å²) < 4.78 is 0. The van der Waals surface area contributed by atoms with E-state index in [-0.39, 0.29) is 19.0 Å². The Morgan fingerprint density at radius 1 is 1.53 bits per heavy atom. The van der Waals surface area contributed by atoms with E-state index in [1.807, 2.05) is 0 Å². The van der Waals surface area contributed by atoms with Gasteiger partial charge in [0.05, 0.1) is 6.54 Å². The van der Waals surface area contributed by atoms with Gasteiger partial charge in [0.1, 0.15) is 6.54 Å². The van der Waals surface area contributed by atoms with Crippen molar-refractivity contribution in [2.45, 2.75) is 19.8 Å². The summed E-state index contributed by atoms with van der Waals surface area (Å²) in [5.74, 6) is 2.36. The topological polar surface area (TPSA) is 79.5 Å². The maximum Gasteiger partial charge on any atom is 0.242 e. The van der Waals surface area contributed by atoms with Crippen molar-refractivity contribution in [3.63, 3.8) is 0 Å². The van der Waals surface area contributed by atoms with E-state index in [4.69, 9.17) is 12.2 Å². The van der Waals surface area contributed by atoms with Crippen LogP contribution in [0.1, 0.15) is 19.8 Å². The largest absolute Gasteiger partial charge is 0.370 e. The van der Waals surface area contributed by atoms with E-state index in [1.54, 1.807) is 0 Å². The number of amides is 1. The summed E-state index contributed by atoms with van der Waals surface area (Å²) in [7, 11) is 0. The van der Waals surface area contributed by atoms with Crippen LogP contribution in [0.3, 0.4) is 0 Å². The number of nitrogens with zero attached hydrogens (tertiary/aromatic N) is 1. The molecule has 0 aromatic rings. The Morgan fingerprint density at radius 3 is 2.87 bits per heavy atom. The molecule has 15 heavy (non-hydrogen) atoms. The van der Waals surface area contributed by atoms with Gasteiger partial charge in [0.15, 0.2) is 5.96 Å². The lowest BCUT2D eigenvalue weighted by Gasteiger charge is -2.03. The van der Waals surface area contributed by atoms with E-state index in [0.717, 1.165) is 19.4 Å². The normalized spacial score (nSPS) is 10.5. The van der Waals surface area contributed by atoms with Crippen LogP contribution in [0.4, 0.5) is 0 Å². The SMILES string of the molecule is C#CCNC(=O)CN=C(N)NCCCC. The summed E-state index contributed by atoms with van der Waals surface area (Å²) in [6.45, 7) is 3.09. The number of hydrogen-bond donors (Lipinski definition) is 3. The van der Waals surface area contributed by atoms with Gasteiger partial charge in [0.2, 0.25) is 5.91 Å². The van der Waals surface area contributed by atoms with E-state index in [9.17, 15) is 4.79 Å². The van der Waals surface area contributed by atoms with E-state index < -0.39 is 0 Å². The third-order valence-electron chi connectivity index (χ3n) is 1.62. The Balaban J connectivity index is 3.65. The molecule has 0 aromatic carbocycles. The molecule has 0 radical (unpaired) electrons. The van der Waals surface area contributed by atoms with Crippen molar-refractivity contribution in [1.82, 2.24) is 10.6 Å². The Kier molecular flexibility index (Phi) is 7.87. The molecule has 0 heterocycles. The summed E-state index contributed by atoms with van der Waals surface area (Å²) >= 11 is 0. The molecule has 84 valence electrons. The highest BCUT2D eigenvalue weighted by Crippen LogP contribution is 1.81. The maximum atomic E-state index is 11.0. The highest BCUT2D eigenvalue weighted by atomic mass is 16.1. The van der Waals surface area contributed by atoms with Crippen LogP contribution < -0.4 is 16.4 Å². The number of carbonyl (C=O) groups is 1. The molecule has 1 amide bonds. The number of unbranched alkanes of at least 4 members (excludes halogenated alkanes) is 1. The van der Waals surface area contributed by atoms with Crippen molar-refractivity contribution in [2.24, 2.45) is 10.7 Å². The molecule has 0 aliphatic rings. The first kappa shape index (κ1) is 13.3. The first-order valence-electron chi connectivity index (χ1n) is 4.94. The zero-order valence-electron chi connectivity index (χ0n) is 9.05. The summed E-state index contributed by atoms with van der Waals surface area (Å²) in [4.78, 5) is 14.9. The molecule has 0 unspecified atom stereocenters. The van der Waals surface area contributed by atoms with Gasteiger partial charge < -0.3 is 16.4 Å². The van der Waals surface area contributed by atoms with Crippen molar-refractivity contribution in [3.8, 4) is 12.3 Å². The number of carbonyl (C=O) groups excluding carboxylic acids is 1. The number of terminal acetylenes is 1. The van der Waals surface area contributed by atoms with Crippen LogP contribution >= 0.6 is 0 Å². The Hall–Kier alpha value is -1.70. The van der Waals surface area contributed by atoms with Gasteiger partial charge in [0, 0.05) is 6.54 Å². The van der Waals surface area contributed by atoms with Gasteiger partial charge in [0.25, 0.3) is 0 Å². The quantitative estimate of drug-likeness (QED) is 0.238. The highest BCUT2D eigenvalue weighted by molar-refractivity contribution is 5.83. The first-order valence-corrected chi connectivity index (χ1v) is 4.94. The molecule has 0 rings (SSSR count). The van der Waals surface area contributed by atoms with Crippen LogP contribution in [0, 0.1) is 12.3 Å². The van der Waals surface area contributed by atoms with E-state index in [1.165, 1.54) is 0 Å². The second-order valence-corrected chi connectivity index (χ2v) is 2.96. The van der Waals surface area contributed by atoms with Gasteiger partial charge in [-0.1, -0.05) is 19.3 Å². The van der Waals surface area contributed by atoms with Crippen molar-refractivity contribution in [3.05, 3.63) is 0 Å². The number of rotatable bonds is 6. The first-order chi connectivity index (χ1) is 7.20. The average molecular weight is 210 g/mol. The molecule has 0 aliphatic heterocycles. The van der Waals surface area contributed by atoms with Crippen molar-refractivity contribution in [2.75, 3.05) is 19.6 Å². The molecule has 5 heteroatoms. The van der Waals surface area contributed by atoms with Crippen molar-refractivity contribution >= 4 is 11.9 Å². The van der Waals surface area contributed by atoms with Gasteiger partial charge in [-0.15, -0.1) is 6.42 Å². The predicted octanol–water partition coefficient (Wildman–Crippen LogP) is -0.560. The molecule has 0 aliphatic carbocycles. The molecule has 0 saturated heterocycles. The summed E-state index contributed by atoms with van der Waals surface area (Å²) in [6.07, 6.45) is 7.09. The molecular formula is C10H18N4O. The molecule has 0 bridgehead atoms. The number of nitrogens with two attached hydrogens (primary N) is 1. The third kappa shape index (κ3) is 8.63. The van der Waals surface area contributed by atoms with Crippen LogP contribution in [0.5, 0.6) is 0 Å². The number of hydrogen-bond acceptors (Lipinski definition) is 2. The molecular weight excluding hydrogens is 192 g/mol. The van der Waals surface area contributed by atoms with Crippen molar-refractivity contribution < 1.29 is 4.79 Å². The second kappa shape index (κ2) is 8.88. The smallest absolute Gasteiger partial charge is 0.242 e. The lowest BCUT2D eigenvalue weighted by atomic mass is 10.3. The van der Waals surface area contributed by atoms with Crippen molar-refractivity contribution in [1.29, 1.82) is 0 Å². The fourth-order valence-electron chi connectivity index (χ4n) is 0.812. The Morgan fingerprint density at radius 2 is 2.27 bits per heavy atom. The average Bonchev–Trinajstić information content (AvgIpc) is 2.24. The molecule has 0 saturated carbocycles. The van der Waals surface area contributed by atoms with Gasteiger partial charge >= 0.3 is 0 Å². The number of aliphatic imine (C=N–C) groups is 1. The molecule has 0 fully saturated rings. The van der Waals surface area contributed by atoms with Crippen LogP contribution in [0.15, 0.2) is 4.99 Å². The predicted molar refractivity (Wildman–Crippen MR) is 61.2 cm³/mol. The zero-order valence-corrected chi connectivity index (χ0v) is 9.05. The standard InChI is InChI=1S/C10H18N4O/c1-3-5-7-13-10(11)14-8-9(15)12-6-4-2/h2H,3,5-8H2,1H3,(H,12,15)(H3,11,13,14). The van der Waals surface area contributed by atoms with E-state index in [0.29, 0.717) is 5.96 Å². The lowest BCUT2D eigenvalue weighted by molar-refractivity contribution is -0.119. The minimum atomic E-state index is -0.229. The molecule has 0 atom stereocenters. The molecule has 0 spiro atoms. The zero-order chi connectivity index (χ0) is 11.5. The van der Waals surface area contributed by atoms with Crippen LogP contribution in [0.25, 0.3) is 0 Å². The molecule has 0 aromatic heterocycles. The fourth-order valence-corrected chi connectivity index (χ4v) is 0.812. The van der Waals surface area contributed by atoms with Crippen LogP contribution in [-0.4, -0.2) is 31.5 Å². The minimum Gasteiger partial charge on any atom is -0.370 e. The third-order valence-corrected chi connectivity index (χ3v) is 1.62. The Labute approximate surface area is 90.5 Å². The lowest BCUT2D eigenvalue weighted by Crippen LogP contribution is -2.34. The highest BCUT2D eigenvalue weighted by Gasteiger charge is 1.97. The summed E-state index contributed by atoms with van der Waals surface area (Å²) in [5.41, 5.74) is 5.51. The Bertz CT molecular complexity index is 255. The number of guanidine groups is 1. The minimum absolute atomic E-state index is 0.00659. The molecule has 5 nitrogen and oxygen atoms in total. The fraction of sp³-hybridized carbons (Fsp3) is 0.600. The number of nitrogens with one attached hydrogen (secondary N) is 2. The van der Waals surface area contributed by atoms with Crippen LogP contribution in [0.2, 0.25) is 0 Å².